The number of hydrogen-bond donors (Lipinski definition) is 6. The lowest BCUT2D eigenvalue weighted by atomic mass is 10.1. The second-order valence-electron chi connectivity index (χ2n) is 8.66. The first-order valence-electron chi connectivity index (χ1n) is 12.4. The summed E-state index contributed by atoms with van der Waals surface area (Å²) in [5, 5.41) is 52.7. The highest BCUT2D eigenvalue weighted by Gasteiger charge is 2.06. The molecule has 0 radical (unpaired) electrons. The van der Waals surface area contributed by atoms with Crippen molar-refractivity contribution < 1.29 is 40.2 Å². The third-order valence-electron chi connectivity index (χ3n) is 5.16. The van der Waals surface area contributed by atoms with Crippen LogP contribution in [0, 0.1) is 27.7 Å². The number of aryl methyl sites for hydroxylation is 4. The van der Waals surface area contributed by atoms with Crippen molar-refractivity contribution >= 4 is 35.5 Å². The number of benzene rings is 2. The van der Waals surface area contributed by atoms with Crippen molar-refractivity contribution in [3.63, 3.8) is 0 Å². The van der Waals surface area contributed by atoms with Gasteiger partial charge in [-0.15, -0.1) is 23.5 Å². The van der Waals surface area contributed by atoms with Crippen molar-refractivity contribution in [1.29, 1.82) is 0 Å². The van der Waals surface area contributed by atoms with Crippen LogP contribution in [0.2, 0.25) is 0 Å². The van der Waals surface area contributed by atoms with E-state index in [0.29, 0.717) is 23.0 Å². The first kappa shape index (κ1) is 35.6. The minimum atomic E-state index is -0.783. The molecule has 0 fully saturated rings. The lowest BCUT2D eigenvalue weighted by molar-refractivity contribution is -0.137. The number of thioether (sulfide) groups is 2. The zero-order valence-corrected chi connectivity index (χ0v) is 24.3. The molecule has 0 aliphatic heterocycles. The molecule has 0 amide bonds. The van der Waals surface area contributed by atoms with Gasteiger partial charge < -0.3 is 30.6 Å². The summed E-state index contributed by atoms with van der Waals surface area (Å²) < 4.78 is 0. The van der Waals surface area contributed by atoms with E-state index in [4.69, 9.17) is 20.4 Å². The summed E-state index contributed by atoms with van der Waals surface area (Å²) in [4.78, 5) is 22.7. The van der Waals surface area contributed by atoms with Crippen molar-refractivity contribution in [3.8, 4) is 11.5 Å². The third kappa shape index (κ3) is 16.4. The Balaban J connectivity index is 0.000000569. The molecule has 0 spiro atoms. The Labute approximate surface area is 234 Å². The number of carboxylic acids is 2. The fourth-order valence-corrected chi connectivity index (χ4v) is 5.15. The summed E-state index contributed by atoms with van der Waals surface area (Å²) in [6.45, 7) is 7.91. The van der Waals surface area contributed by atoms with Crippen LogP contribution in [0.15, 0.2) is 34.1 Å². The van der Waals surface area contributed by atoms with Gasteiger partial charge in [-0.1, -0.05) is 12.8 Å². The summed E-state index contributed by atoms with van der Waals surface area (Å²) >= 11 is 2.99. The summed E-state index contributed by atoms with van der Waals surface area (Å²) in [6.07, 6.45) is 4.14. The monoisotopic (exact) mass is 570 g/mol. The predicted molar refractivity (Wildman–Crippen MR) is 154 cm³/mol. The maximum absolute atomic E-state index is 10.3. The van der Waals surface area contributed by atoms with Gasteiger partial charge in [-0.25, -0.2) is 0 Å². The molecule has 0 saturated heterocycles. The number of aliphatic hydroxyl groups is 2. The van der Waals surface area contributed by atoms with E-state index >= 15 is 0 Å². The summed E-state index contributed by atoms with van der Waals surface area (Å²) in [5.74, 6) is 0.178. The molecule has 0 aliphatic rings. The number of aromatic hydroxyl groups is 2. The topological polar surface area (TPSA) is 156 Å². The van der Waals surface area contributed by atoms with Gasteiger partial charge in [-0.05, 0) is 87.1 Å². The van der Waals surface area contributed by atoms with E-state index < -0.39 is 11.9 Å². The predicted octanol–water partition coefficient (Wildman–Crippen LogP) is 5.68. The molecule has 214 valence electrons. The quantitative estimate of drug-likeness (QED) is 0.131. The number of phenols is 2. The molecule has 0 aromatic heterocycles. The Kier molecular flexibility index (Phi) is 19.3. The van der Waals surface area contributed by atoms with Crippen molar-refractivity contribution in [2.24, 2.45) is 0 Å². The maximum Gasteiger partial charge on any atom is 0.304 e. The molecule has 0 bridgehead atoms. The van der Waals surface area contributed by atoms with E-state index in [0.717, 1.165) is 57.7 Å². The molecule has 0 saturated carbocycles. The molecule has 0 heterocycles. The summed E-state index contributed by atoms with van der Waals surface area (Å²) in [5.41, 5.74) is 3.31. The number of aliphatic carboxylic acids is 2. The summed E-state index contributed by atoms with van der Waals surface area (Å²) in [7, 11) is 0. The Morgan fingerprint density at radius 2 is 0.895 bits per heavy atom. The number of carboxylic acid groups (broad SMARTS) is 2. The maximum atomic E-state index is 10.3. The molecule has 2 rings (SSSR count). The number of aliphatic hydroxyl groups excluding tert-OH is 2. The van der Waals surface area contributed by atoms with E-state index in [1.165, 1.54) is 23.5 Å². The molecular weight excluding hydrogens is 528 g/mol. The van der Waals surface area contributed by atoms with E-state index in [-0.39, 0.29) is 26.1 Å². The Morgan fingerprint density at radius 1 is 0.605 bits per heavy atom. The third-order valence-corrected chi connectivity index (χ3v) is 7.12. The van der Waals surface area contributed by atoms with E-state index in [2.05, 4.69) is 0 Å². The van der Waals surface area contributed by atoms with Crippen LogP contribution >= 0.6 is 23.5 Å². The lowest BCUT2D eigenvalue weighted by Gasteiger charge is -2.06. The molecule has 0 atom stereocenters. The Morgan fingerprint density at radius 3 is 1.13 bits per heavy atom. The molecule has 6 N–H and O–H groups in total. The van der Waals surface area contributed by atoms with Crippen molar-refractivity contribution in [2.45, 2.75) is 76.0 Å². The van der Waals surface area contributed by atoms with E-state index in [9.17, 15) is 19.8 Å². The van der Waals surface area contributed by atoms with Crippen LogP contribution in [0.25, 0.3) is 0 Å². The van der Waals surface area contributed by atoms with Gasteiger partial charge in [0.2, 0.25) is 0 Å². The molecule has 10 heteroatoms. The highest BCUT2D eigenvalue weighted by atomic mass is 32.2. The largest absolute Gasteiger partial charge is 0.507 e. The molecule has 0 unspecified atom stereocenters. The molecular formula is C28H42O8S2. The normalized spacial score (nSPS) is 10.2. The van der Waals surface area contributed by atoms with Gasteiger partial charge in [-0.3, -0.25) is 9.59 Å². The van der Waals surface area contributed by atoms with Gasteiger partial charge in [0.15, 0.2) is 0 Å². The minimum Gasteiger partial charge on any atom is -0.507 e. The SMILES string of the molecule is Cc1cc(SCCC(=O)O)cc(C)c1O.Cc1cc(SCCC(=O)O)cc(C)c1O.OCCCCCCO. The van der Waals surface area contributed by atoms with Gasteiger partial charge in [0.05, 0.1) is 12.8 Å². The fraction of sp³-hybridized carbons (Fsp3) is 0.500. The molecule has 2 aromatic rings. The highest BCUT2D eigenvalue weighted by Crippen LogP contribution is 2.29. The van der Waals surface area contributed by atoms with Crippen LogP contribution in [0.4, 0.5) is 0 Å². The van der Waals surface area contributed by atoms with Crippen LogP contribution in [-0.2, 0) is 9.59 Å². The molecule has 2 aromatic carbocycles. The second kappa shape index (κ2) is 20.5. The van der Waals surface area contributed by atoms with Gasteiger partial charge in [-0.2, -0.15) is 0 Å². The van der Waals surface area contributed by atoms with E-state index in [1.54, 1.807) is 0 Å². The van der Waals surface area contributed by atoms with Crippen molar-refractivity contribution in [3.05, 3.63) is 46.5 Å². The number of rotatable bonds is 13. The smallest absolute Gasteiger partial charge is 0.304 e. The number of unbranched alkanes of at least 4 members (excludes halogenated alkanes) is 3. The zero-order valence-electron chi connectivity index (χ0n) is 22.7. The van der Waals surface area contributed by atoms with Gasteiger partial charge in [0.1, 0.15) is 11.5 Å². The zero-order chi connectivity index (χ0) is 29.1. The van der Waals surface area contributed by atoms with E-state index in [1.807, 2.05) is 52.0 Å². The fourth-order valence-electron chi connectivity index (χ4n) is 3.09. The lowest BCUT2D eigenvalue weighted by Crippen LogP contribution is -1.95. The highest BCUT2D eigenvalue weighted by molar-refractivity contribution is 7.99. The summed E-state index contributed by atoms with van der Waals surface area (Å²) in [6, 6.07) is 7.48. The Hall–Kier alpha value is -2.40. The van der Waals surface area contributed by atoms with Crippen molar-refractivity contribution in [1.82, 2.24) is 0 Å². The van der Waals surface area contributed by atoms with Gasteiger partial charge in [0.25, 0.3) is 0 Å². The van der Waals surface area contributed by atoms with Crippen molar-refractivity contribution in [2.75, 3.05) is 24.7 Å². The molecule has 38 heavy (non-hydrogen) atoms. The standard InChI is InChI=1S/2C11H14O3S.C6H14O2/c2*1-7-5-9(6-8(2)11(7)14)15-4-3-10(12)13;7-5-3-1-2-4-6-8/h2*5-6,14H,3-4H2,1-2H3,(H,12,13);7-8H,1-6H2. The second-order valence-corrected chi connectivity index (χ2v) is 11.0. The van der Waals surface area contributed by atoms with Crippen LogP contribution < -0.4 is 0 Å². The van der Waals surface area contributed by atoms with Gasteiger partial charge >= 0.3 is 11.9 Å². The minimum absolute atomic E-state index is 0.156. The number of hydrogen-bond acceptors (Lipinski definition) is 8. The average molecular weight is 571 g/mol. The average Bonchev–Trinajstić information content (AvgIpc) is 2.84. The van der Waals surface area contributed by atoms with Crippen LogP contribution in [0.5, 0.6) is 11.5 Å². The molecule has 0 aliphatic carbocycles. The number of carbonyl (C=O) groups is 2. The van der Waals surface area contributed by atoms with Gasteiger partial charge in [0, 0.05) is 34.5 Å². The van der Waals surface area contributed by atoms with Crippen LogP contribution in [0.3, 0.4) is 0 Å². The van der Waals surface area contributed by atoms with Crippen LogP contribution in [0.1, 0.15) is 60.8 Å². The number of phenolic OH excluding ortho intramolecular Hbond substituents is 2. The first-order valence-corrected chi connectivity index (χ1v) is 14.4. The van der Waals surface area contributed by atoms with Crippen LogP contribution in [-0.4, -0.2) is 67.3 Å². The molecule has 8 nitrogen and oxygen atoms in total. The Bertz CT molecular complexity index is 869. The first-order chi connectivity index (χ1) is 17.9.